The van der Waals surface area contributed by atoms with Gasteiger partial charge in [-0.2, -0.15) is 0 Å². The molecule has 5 nitrogen and oxygen atoms in total. The van der Waals surface area contributed by atoms with Gasteiger partial charge in [0, 0.05) is 12.1 Å². The highest BCUT2D eigenvalue weighted by molar-refractivity contribution is 6.42. The minimum Gasteiger partial charge on any atom is -0.464 e. The van der Waals surface area contributed by atoms with Crippen molar-refractivity contribution in [2.24, 2.45) is 0 Å². The van der Waals surface area contributed by atoms with Crippen LogP contribution in [0.1, 0.15) is 5.76 Å². The number of hydrogen-bond acceptors (Lipinski definition) is 4. The third kappa shape index (κ3) is 1.40. The van der Waals surface area contributed by atoms with Gasteiger partial charge in [-0.25, -0.2) is 4.90 Å². The number of carbonyl (C=O) groups excluding carboxylic acids is 2. The van der Waals surface area contributed by atoms with Crippen LogP contribution in [-0.2, 0) is 9.59 Å². The highest BCUT2D eigenvalue weighted by Gasteiger charge is 2.35. The van der Waals surface area contributed by atoms with Crippen molar-refractivity contribution in [3.63, 3.8) is 0 Å². The maximum atomic E-state index is 12.0. The fourth-order valence-corrected chi connectivity index (χ4v) is 1.68. The second-order valence-corrected chi connectivity index (χ2v) is 3.47. The Morgan fingerprint density at radius 3 is 2.41 bits per heavy atom. The van der Waals surface area contributed by atoms with Crippen molar-refractivity contribution in [1.82, 2.24) is 0 Å². The largest absolute Gasteiger partial charge is 0.464 e. The van der Waals surface area contributed by atoms with E-state index >= 15 is 0 Å². The Morgan fingerprint density at radius 2 is 1.76 bits per heavy atom. The van der Waals surface area contributed by atoms with Crippen LogP contribution in [-0.4, -0.2) is 11.8 Å². The van der Waals surface area contributed by atoms with Crippen LogP contribution < -0.4 is 4.90 Å². The summed E-state index contributed by atoms with van der Waals surface area (Å²) < 4.78 is 10.1. The Balaban J connectivity index is 2.00. The topological polar surface area (TPSA) is 63.7 Å². The second-order valence-electron chi connectivity index (χ2n) is 3.47. The molecule has 0 N–H and O–H groups in total. The first-order valence-corrected chi connectivity index (χ1v) is 4.95. The number of anilines is 1. The molecule has 2 aromatic heterocycles. The van der Waals surface area contributed by atoms with E-state index in [2.05, 4.69) is 0 Å². The molecule has 2 aromatic rings. The molecule has 17 heavy (non-hydrogen) atoms. The number of carbonyl (C=O) groups is 2. The lowest BCUT2D eigenvalue weighted by Gasteiger charge is -2.09. The SMILES string of the molecule is O=C1C=C(c2ccco2)C(=O)N1c1ccco1. The summed E-state index contributed by atoms with van der Waals surface area (Å²) in [5, 5.41) is 0. The molecule has 0 aliphatic carbocycles. The second kappa shape index (κ2) is 3.48. The molecule has 0 bridgehead atoms. The smallest absolute Gasteiger partial charge is 0.271 e. The number of furan rings is 2. The van der Waals surface area contributed by atoms with E-state index in [1.54, 1.807) is 24.3 Å². The Labute approximate surface area is 95.9 Å². The summed E-state index contributed by atoms with van der Waals surface area (Å²) in [6.07, 6.45) is 4.09. The summed E-state index contributed by atoms with van der Waals surface area (Å²) in [6, 6.07) is 6.45. The molecule has 0 saturated carbocycles. The lowest BCUT2D eigenvalue weighted by atomic mass is 10.2. The van der Waals surface area contributed by atoms with Gasteiger partial charge in [0.1, 0.15) is 5.76 Å². The monoisotopic (exact) mass is 229 g/mol. The third-order valence-electron chi connectivity index (χ3n) is 2.43. The molecule has 0 unspecified atom stereocenters. The molecule has 0 aromatic carbocycles. The van der Waals surface area contributed by atoms with E-state index in [4.69, 9.17) is 8.83 Å². The summed E-state index contributed by atoms with van der Waals surface area (Å²) in [6.45, 7) is 0. The normalized spacial score (nSPS) is 15.5. The molecular weight excluding hydrogens is 222 g/mol. The zero-order valence-corrected chi connectivity index (χ0v) is 8.62. The van der Waals surface area contributed by atoms with Crippen molar-refractivity contribution in [2.75, 3.05) is 4.90 Å². The van der Waals surface area contributed by atoms with Gasteiger partial charge in [0.25, 0.3) is 11.8 Å². The lowest BCUT2D eigenvalue weighted by Crippen LogP contribution is -2.30. The van der Waals surface area contributed by atoms with Crippen LogP contribution in [0.3, 0.4) is 0 Å². The van der Waals surface area contributed by atoms with Gasteiger partial charge in [0.15, 0.2) is 0 Å². The Kier molecular flexibility index (Phi) is 1.98. The molecule has 1 aliphatic rings. The van der Waals surface area contributed by atoms with Crippen molar-refractivity contribution in [3.05, 3.63) is 48.6 Å². The first-order chi connectivity index (χ1) is 8.27. The molecule has 0 spiro atoms. The number of nitrogens with zero attached hydrogens (tertiary/aromatic N) is 1. The van der Waals surface area contributed by atoms with Crippen LogP contribution in [0.4, 0.5) is 5.88 Å². The quantitative estimate of drug-likeness (QED) is 0.737. The van der Waals surface area contributed by atoms with Crippen LogP contribution in [0.2, 0.25) is 0 Å². The average Bonchev–Trinajstić information content (AvgIpc) is 2.99. The first-order valence-electron chi connectivity index (χ1n) is 4.95. The molecule has 2 amide bonds. The molecule has 0 atom stereocenters. The summed E-state index contributed by atoms with van der Waals surface area (Å²) in [5.74, 6) is -0.300. The Hall–Kier alpha value is -2.56. The van der Waals surface area contributed by atoms with Gasteiger partial charge in [0.2, 0.25) is 5.88 Å². The highest BCUT2D eigenvalue weighted by Crippen LogP contribution is 2.28. The van der Waals surface area contributed by atoms with Gasteiger partial charge in [-0.1, -0.05) is 0 Å². The Morgan fingerprint density at radius 1 is 1.00 bits per heavy atom. The van der Waals surface area contributed by atoms with Crippen molar-refractivity contribution < 1.29 is 18.4 Å². The van der Waals surface area contributed by atoms with Crippen LogP contribution in [0.5, 0.6) is 0 Å². The van der Waals surface area contributed by atoms with Gasteiger partial charge in [-0.3, -0.25) is 9.59 Å². The van der Waals surface area contributed by atoms with Crippen LogP contribution in [0, 0.1) is 0 Å². The number of rotatable bonds is 2. The molecule has 0 fully saturated rings. The third-order valence-corrected chi connectivity index (χ3v) is 2.43. The molecule has 3 heterocycles. The highest BCUT2D eigenvalue weighted by atomic mass is 16.4. The number of amides is 2. The lowest BCUT2D eigenvalue weighted by molar-refractivity contribution is -0.119. The molecule has 0 saturated heterocycles. The average molecular weight is 229 g/mol. The molecule has 0 radical (unpaired) electrons. The fourth-order valence-electron chi connectivity index (χ4n) is 1.68. The van der Waals surface area contributed by atoms with E-state index in [0.29, 0.717) is 5.76 Å². The molecule has 3 rings (SSSR count). The maximum Gasteiger partial charge on any atom is 0.271 e. The maximum absolute atomic E-state index is 12.0. The zero-order chi connectivity index (χ0) is 11.8. The van der Waals surface area contributed by atoms with Gasteiger partial charge in [-0.05, 0) is 18.2 Å². The van der Waals surface area contributed by atoms with E-state index in [-0.39, 0.29) is 11.5 Å². The van der Waals surface area contributed by atoms with E-state index < -0.39 is 11.8 Å². The fraction of sp³-hybridized carbons (Fsp3) is 0. The molecular formula is C12H7NO4. The van der Waals surface area contributed by atoms with E-state index in [9.17, 15) is 9.59 Å². The summed E-state index contributed by atoms with van der Waals surface area (Å²) in [4.78, 5) is 24.7. The van der Waals surface area contributed by atoms with Gasteiger partial charge < -0.3 is 8.83 Å². The summed E-state index contributed by atoms with van der Waals surface area (Å²) in [5.41, 5.74) is 0.233. The summed E-state index contributed by atoms with van der Waals surface area (Å²) >= 11 is 0. The van der Waals surface area contributed by atoms with Gasteiger partial charge in [-0.15, -0.1) is 0 Å². The van der Waals surface area contributed by atoms with Gasteiger partial charge >= 0.3 is 0 Å². The number of imide groups is 1. The van der Waals surface area contributed by atoms with E-state index in [1.165, 1.54) is 18.6 Å². The van der Waals surface area contributed by atoms with Crippen molar-refractivity contribution in [1.29, 1.82) is 0 Å². The Bertz CT molecular complexity index is 593. The number of hydrogen-bond donors (Lipinski definition) is 0. The standard InChI is InChI=1S/C12H7NO4/c14-10-7-8(9-3-1-5-16-9)12(15)13(10)11-4-2-6-17-11/h1-7H. The van der Waals surface area contributed by atoms with Crippen LogP contribution >= 0.6 is 0 Å². The molecule has 84 valence electrons. The summed E-state index contributed by atoms with van der Waals surface area (Å²) in [7, 11) is 0. The predicted octanol–water partition coefficient (Wildman–Crippen LogP) is 1.83. The van der Waals surface area contributed by atoms with E-state index in [1.807, 2.05) is 0 Å². The van der Waals surface area contributed by atoms with Crippen molar-refractivity contribution in [2.45, 2.75) is 0 Å². The predicted molar refractivity (Wildman–Crippen MR) is 57.9 cm³/mol. The van der Waals surface area contributed by atoms with Crippen molar-refractivity contribution >= 4 is 23.3 Å². The zero-order valence-electron chi connectivity index (χ0n) is 8.62. The minimum atomic E-state index is -0.445. The van der Waals surface area contributed by atoms with Crippen LogP contribution in [0.25, 0.3) is 5.57 Å². The van der Waals surface area contributed by atoms with E-state index in [0.717, 1.165) is 4.90 Å². The molecule has 5 heteroatoms. The van der Waals surface area contributed by atoms with Gasteiger partial charge in [0.05, 0.1) is 18.1 Å². The minimum absolute atomic E-state index is 0.206. The first kappa shape index (κ1) is 9.65. The molecule has 1 aliphatic heterocycles. The van der Waals surface area contributed by atoms with Crippen molar-refractivity contribution in [3.8, 4) is 0 Å². The van der Waals surface area contributed by atoms with Crippen LogP contribution in [0.15, 0.2) is 51.7 Å².